The number of carbonyl (C=O) groups excluding carboxylic acids is 1. The highest BCUT2D eigenvalue weighted by atomic mass is 32.1. The molecule has 3 rings (SSSR count). The Morgan fingerprint density at radius 1 is 1.54 bits per heavy atom. The Hall–Kier alpha value is -2.14. The summed E-state index contributed by atoms with van der Waals surface area (Å²) in [6.45, 7) is 7.41. The average molecular weight is 372 g/mol. The second kappa shape index (κ2) is 8.04. The normalized spacial score (nSPS) is 17.8. The van der Waals surface area contributed by atoms with Crippen molar-refractivity contribution in [3.05, 3.63) is 44.9 Å². The highest BCUT2D eigenvalue weighted by Crippen LogP contribution is 2.22. The second-order valence-electron chi connectivity index (χ2n) is 6.82. The molecule has 3 heterocycles. The first-order valence-electron chi connectivity index (χ1n) is 8.70. The molecule has 0 aromatic carbocycles. The molecular weight excluding hydrogens is 348 g/mol. The monoisotopic (exact) mass is 372 g/mol. The van der Waals surface area contributed by atoms with Crippen LogP contribution in [0.3, 0.4) is 0 Å². The number of nitriles is 1. The lowest BCUT2D eigenvalue weighted by Gasteiger charge is -2.34. The molecule has 0 saturated carbocycles. The number of hydrogen-bond acceptors (Lipinski definition) is 5. The molecule has 1 N–H and O–H groups in total. The van der Waals surface area contributed by atoms with E-state index in [1.807, 2.05) is 18.7 Å². The van der Waals surface area contributed by atoms with Gasteiger partial charge in [0.05, 0.1) is 18.3 Å². The predicted octanol–water partition coefficient (Wildman–Crippen LogP) is 2.54. The van der Waals surface area contributed by atoms with Crippen molar-refractivity contribution in [3.63, 3.8) is 0 Å². The molecule has 0 bridgehead atoms. The fraction of sp³-hybridized carbons (Fsp3) is 0.474. The molecule has 1 fully saturated rings. The molecule has 138 valence electrons. The summed E-state index contributed by atoms with van der Waals surface area (Å²) < 4.78 is 5.87. The van der Waals surface area contributed by atoms with Crippen LogP contribution < -0.4 is 0 Å². The number of morpholine rings is 1. The maximum Gasteiger partial charge on any atom is 0.265 e. The van der Waals surface area contributed by atoms with Gasteiger partial charge in [-0.2, -0.15) is 5.26 Å². The van der Waals surface area contributed by atoms with Gasteiger partial charge in [0.25, 0.3) is 5.91 Å². The number of aromatic amines is 1. The zero-order valence-corrected chi connectivity index (χ0v) is 16.2. The number of amides is 1. The fourth-order valence-corrected chi connectivity index (χ4v) is 4.11. The van der Waals surface area contributed by atoms with Gasteiger partial charge in [-0.1, -0.05) is 0 Å². The van der Waals surface area contributed by atoms with Crippen LogP contribution in [0, 0.1) is 25.2 Å². The summed E-state index contributed by atoms with van der Waals surface area (Å²) >= 11 is 1.32. The molecule has 26 heavy (non-hydrogen) atoms. The maximum atomic E-state index is 13.2. The lowest BCUT2D eigenvalue weighted by Crippen LogP contribution is -2.47. The summed E-state index contributed by atoms with van der Waals surface area (Å²) in [6, 6.07) is 5.89. The van der Waals surface area contributed by atoms with Gasteiger partial charge >= 0.3 is 0 Å². The van der Waals surface area contributed by atoms with E-state index in [0.717, 1.165) is 30.0 Å². The first-order valence-corrected chi connectivity index (χ1v) is 9.58. The number of H-pyrrole nitrogens is 1. The Morgan fingerprint density at radius 2 is 2.35 bits per heavy atom. The van der Waals surface area contributed by atoms with E-state index in [9.17, 15) is 10.1 Å². The Balaban J connectivity index is 1.84. The Morgan fingerprint density at radius 3 is 3.00 bits per heavy atom. The summed E-state index contributed by atoms with van der Waals surface area (Å²) in [5, 5.41) is 11.1. The first-order chi connectivity index (χ1) is 12.5. The number of aromatic nitrogens is 1. The standard InChI is InChI=1S/C19H24N4O2S/c1-13-8-16(14(2)21-13)10-23(12-17-11-22(3)5-6-25-17)19(24)18-15(9-20)4-7-26-18/h4,7-8,17,21H,5-6,10-12H2,1-3H3. The Kier molecular flexibility index (Phi) is 5.77. The first kappa shape index (κ1) is 18.6. The summed E-state index contributed by atoms with van der Waals surface area (Å²) in [4.78, 5) is 21.0. The molecule has 0 radical (unpaired) electrons. The molecule has 1 amide bonds. The SMILES string of the molecule is Cc1cc(CN(CC2CN(C)CCO2)C(=O)c2sccc2C#N)c(C)[nH]1. The summed E-state index contributed by atoms with van der Waals surface area (Å²) in [5.74, 6) is -0.105. The van der Waals surface area contributed by atoms with Crippen molar-refractivity contribution in [2.24, 2.45) is 0 Å². The van der Waals surface area contributed by atoms with Crippen molar-refractivity contribution >= 4 is 17.2 Å². The molecule has 1 aliphatic heterocycles. The number of nitrogens with zero attached hydrogens (tertiary/aromatic N) is 3. The second-order valence-corrected chi connectivity index (χ2v) is 7.73. The van der Waals surface area contributed by atoms with Gasteiger partial charge in [-0.3, -0.25) is 4.79 Å². The molecule has 2 aromatic heterocycles. The van der Waals surface area contributed by atoms with E-state index in [1.165, 1.54) is 11.3 Å². The molecule has 1 atom stereocenters. The highest BCUT2D eigenvalue weighted by Gasteiger charge is 2.27. The van der Waals surface area contributed by atoms with Crippen LogP contribution in [-0.4, -0.2) is 60.1 Å². The van der Waals surface area contributed by atoms with E-state index in [2.05, 4.69) is 29.1 Å². The van der Waals surface area contributed by atoms with Gasteiger partial charge in [0.1, 0.15) is 10.9 Å². The van der Waals surface area contributed by atoms with Gasteiger partial charge in [-0.05, 0) is 44.0 Å². The topological polar surface area (TPSA) is 72.4 Å². The smallest absolute Gasteiger partial charge is 0.265 e. The number of carbonyl (C=O) groups is 1. The molecule has 1 saturated heterocycles. The quantitative estimate of drug-likeness (QED) is 0.875. The molecule has 0 aliphatic carbocycles. The average Bonchev–Trinajstić information content (AvgIpc) is 3.19. The molecule has 0 spiro atoms. The van der Waals surface area contributed by atoms with Crippen LogP contribution in [-0.2, 0) is 11.3 Å². The van der Waals surface area contributed by atoms with E-state index in [0.29, 0.717) is 30.1 Å². The van der Waals surface area contributed by atoms with Crippen molar-refractivity contribution in [1.82, 2.24) is 14.8 Å². The molecule has 1 unspecified atom stereocenters. The number of nitrogens with one attached hydrogen (secondary N) is 1. The largest absolute Gasteiger partial charge is 0.374 e. The van der Waals surface area contributed by atoms with Crippen molar-refractivity contribution in [1.29, 1.82) is 5.26 Å². The predicted molar refractivity (Wildman–Crippen MR) is 101 cm³/mol. The van der Waals surface area contributed by atoms with Gasteiger partial charge in [-0.15, -0.1) is 11.3 Å². The van der Waals surface area contributed by atoms with Crippen LogP contribution in [0.5, 0.6) is 0 Å². The third-order valence-electron chi connectivity index (χ3n) is 4.65. The third-order valence-corrected chi connectivity index (χ3v) is 5.55. The molecule has 1 aliphatic rings. The minimum Gasteiger partial charge on any atom is -0.374 e. The number of rotatable bonds is 5. The van der Waals surface area contributed by atoms with Crippen LogP contribution in [0.25, 0.3) is 0 Å². The van der Waals surface area contributed by atoms with Gasteiger partial charge in [-0.25, -0.2) is 0 Å². The molecule has 6 nitrogen and oxygen atoms in total. The molecular formula is C19H24N4O2S. The van der Waals surface area contributed by atoms with Crippen LogP contribution >= 0.6 is 11.3 Å². The van der Waals surface area contributed by atoms with Gasteiger partial charge in [0.2, 0.25) is 0 Å². The van der Waals surface area contributed by atoms with Crippen molar-refractivity contribution in [2.75, 3.05) is 33.3 Å². The van der Waals surface area contributed by atoms with Gasteiger partial charge < -0.3 is 19.5 Å². The summed E-state index contributed by atoms with van der Waals surface area (Å²) in [5.41, 5.74) is 3.67. The zero-order chi connectivity index (χ0) is 18.7. The third kappa shape index (κ3) is 4.15. The minimum absolute atomic E-state index is 0.0245. The number of likely N-dealkylation sites (N-methyl/N-ethyl adjacent to an activating group) is 1. The Labute approximate surface area is 158 Å². The van der Waals surface area contributed by atoms with E-state index in [-0.39, 0.29) is 12.0 Å². The fourth-order valence-electron chi connectivity index (χ4n) is 3.30. The maximum absolute atomic E-state index is 13.2. The minimum atomic E-state index is -0.105. The van der Waals surface area contributed by atoms with E-state index < -0.39 is 0 Å². The lowest BCUT2D eigenvalue weighted by molar-refractivity contribution is -0.0335. The van der Waals surface area contributed by atoms with Crippen LogP contribution in [0.1, 0.15) is 32.2 Å². The molecule has 2 aromatic rings. The van der Waals surface area contributed by atoms with Gasteiger partial charge in [0.15, 0.2) is 0 Å². The van der Waals surface area contributed by atoms with E-state index in [1.54, 1.807) is 11.4 Å². The number of aryl methyl sites for hydroxylation is 2. The van der Waals surface area contributed by atoms with Crippen molar-refractivity contribution in [3.8, 4) is 6.07 Å². The number of thiophene rings is 1. The van der Waals surface area contributed by atoms with Crippen LogP contribution in [0.2, 0.25) is 0 Å². The highest BCUT2D eigenvalue weighted by molar-refractivity contribution is 7.12. The Bertz CT molecular complexity index is 820. The van der Waals surface area contributed by atoms with Crippen molar-refractivity contribution < 1.29 is 9.53 Å². The summed E-state index contributed by atoms with van der Waals surface area (Å²) in [6.07, 6.45) is -0.0245. The number of hydrogen-bond donors (Lipinski definition) is 1. The molecule has 7 heteroatoms. The number of ether oxygens (including phenoxy) is 1. The zero-order valence-electron chi connectivity index (χ0n) is 15.4. The van der Waals surface area contributed by atoms with Crippen molar-refractivity contribution in [2.45, 2.75) is 26.5 Å². The van der Waals surface area contributed by atoms with E-state index in [4.69, 9.17) is 4.74 Å². The van der Waals surface area contributed by atoms with Crippen LogP contribution in [0.15, 0.2) is 17.5 Å². The van der Waals surface area contributed by atoms with Gasteiger partial charge in [0, 0.05) is 37.6 Å². The summed E-state index contributed by atoms with van der Waals surface area (Å²) in [7, 11) is 2.06. The lowest BCUT2D eigenvalue weighted by atomic mass is 10.1. The van der Waals surface area contributed by atoms with Crippen LogP contribution in [0.4, 0.5) is 0 Å². The van der Waals surface area contributed by atoms with E-state index >= 15 is 0 Å².